The molecule has 1 aliphatic heterocycles. The normalized spacial score (nSPS) is 20.7. The van der Waals surface area contributed by atoms with Crippen molar-refractivity contribution in [2.24, 2.45) is 7.05 Å². The van der Waals surface area contributed by atoms with Crippen LogP contribution in [0.1, 0.15) is 56.9 Å². The van der Waals surface area contributed by atoms with Crippen LogP contribution in [0, 0.1) is 0 Å². The van der Waals surface area contributed by atoms with Gasteiger partial charge in [-0.15, -0.1) is 0 Å². The van der Waals surface area contributed by atoms with Gasteiger partial charge in [0.1, 0.15) is 0 Å². The van der Waals surface area contributed by atoms with E-state index in [0.717, 1.165) is 13.0 Å². The third-order valence-corrected chi connectivity index (χ3v) is 6.22. The van der Waals surface area contributed by atoms with E-state index in [4.69, 9.17) is 0 Å². The summed E-state index contributed by atoms with van der Waals surface area (Å²) in [4.78, 5) is 17.1. The molecule has 2 aliphatic rings. The molecule has 0 bridgehead atoms. The highest BCUT2D eigenvalue weighted by atomic mass is 16.2. The summed E-state index contributed by atoms with van der Waals surface area (Å²) in [5.41, 5.74) is 1.36. The molecule has 6 nitrogen and oxygen atoms in total. The predicted octanol–water partition coefficient (Wildman–Crippen LogP) is 2.79. The largest absolute Gasteiger partial charge is 0.336 e. The standard InChI is InChI=1S/C20H35N5O/c1-23(14-9-18-15-22-24(2)16-18)19(26)21-17-20(10-5-3-6-11-20)25-12-7-4-8-13-25/h15-16H,3-14,17H2,1-2H3,(H,21,26). The van der Waals surface area contributed by atoms with Gasteiger partial charge in [0.05, 0.1) is 6.20 Å². The second-order valence-electron chi connectivity index (χ2n) is 8.19. The minimum atomic E-state index is 0.0517. The van der Waals surface area contributed by atoms with Crippen LogP contribution < -0.4 is 5.32 Å². The Morgan fingerprint density at radius 1 is 1.19 bits per heavy atom. The Morgan fingerprint density at radius 2 is 1.88 bits per heavy atom. The van der Waals surface area contributed by atoms with Crippen LogP contribution in [0.15, 0.2) is 12.4 Å². The summed E-state index contributed by atoms with van der Waals surface area (Å²) in [7, 11) is 3.81. The molecule has 2 heterocycles. The van der Waals surface area contributed by atoms with Crippen molar-refractivity contribution < 1.29 is 4.79 Å². The topological polar surface area (TPSA) is 53.4 Å². The van der Waals surface area contributed by atoms with Gasteiger partial charge < -0.3 is 10.2 Å². The summed E-state index contributed by atoms with van der Waals surface area (Å²) in [6, 6.07) is 0.0517. The maximum absolute atomic E-state index is 12.6. The number of aryl methyl sites for hydroxylation is 1. The van der Waals surface area contributed by atoms with Crippen molar-refractivity contribution in [3.05, 3.63) is 18.0 Å². The molecular weight excluding hydrogens is 326 g/mol. The number of likely N-dealkylation sites (N-methyl/N-ethyl adjacent to an activating group) is 1. The minimum absolute atomic E-state index is 0.0517. The smallest absolute Gasteiger partial charge is 0.317 e. The molecule has 1 saturated carbocycles. The fourth-order valence-electron chi connectivity index (χ4n) is 4.56. The Labute approximate surface area is 157 Å². The van der Waals surface area contributed by atoms with E-state index in [0.29, 0.717) is 6.54 Å². The number of nitrogens with zero attached hydrogens (tertiary/aromatic N) is 4. The van der Waals surface area contributed by atoms with Crippen molar-refractivity contribution in [2.45, 2.75) is 63.3 Å². The Hall–Kier alpha value is -1.56. The fraction of sp³-hybridized carbons (Fsp3) is 0.800. The lowest BCUT2D eigenvalue weighted by atomic mass is 9.79. The molecule has 146 valence electrons. The highest BCUT2D eigenvalue weighted by Crippen LogP contribution is 2.35. The summed E-state index contributed by atoms with van der Waals surface area (Å²) in [5, 5.41) is 7.45. The van der Waals surface area contributed by atoms with Crippen LogP contribution >= 0.6 is 0 Å². The van der Waals surface area contributed by atoms with Gasteiger partial charge in [-0.05, 0) is 50.8 Å². The molecule has 0 unspecified atom stereocenters. The van der Waals surface area contributed by atoms with Crippen molar-refractivity contribution in [2.75, 3.05) is 33.2 Å². The Bertz CT molecular complexity index is 573. The summed E-state index contributed by atoms with van der Waals surface area (Å²) in [5.74, 6) is 0. The van der Waals surface area contributed by atoms with Crippen LogP contribution in [0.3, 0.4) is 0 Å². The number of carbonyl (C=O) groups is 1. The zero-order valence-corrected chi connectivity index (χ0v) is 16.5. The summed E-state index contributed by atoms with van der Waals surface area (Å²) in [6.07, 6.45) is 15.1. The SMILES string of the molecule is CN(CCc1cnn(C)c1)C(=O)NCC1(N2CCCCC2)CCCCC1. The van der Waals surface area contributed by atoms with E-state index in [9.17, 15) is 4.79 Å². The van der Waals surface area contributed by atoms with Crippen LogP contribution in [-0.4, -0.2) is 64.4 Å². The monoisotopic (exact) mass is 361 g/mol. The maximum atomic E-state index is 12.6. The molecule has 1 N–H and O–H groups in total. The molecule has 0 atom stereocenters. The number of urea groups is 1. The first-order chi connectivity index (χ1) is 12.6. The number of nitrogens with one attached hydrogen (secondary N) is 1. The molecule has 0 spiro atoms. The number of piperidine rings is 1. The Kier molecular flexibility index (Phi) is 6.57. The van der Waals surface area contributed by atoms with Gasteiger partial charge in [-0.1, -0.05) is 25.7 Å². The molecule has 1 aromatic rings. The van der Waals surface area contributed by atoms with Crippen molar-refractivity contribution in [1.29, 1.82) is 0 Å². The fourth-order valence-corrected chi connectivity index (χ4v) is 4.56. The highest BCUT2D eigenvalue weighted by Gasteiger charge is 2.38. The number of hydrogen-bond donors (Lipinski definition) is 1. The first-order valence-electron chi connectivity index (χ1n) is 10.3. The lowest BCUT2D eigenvalue weighted by Gasteiger charge is -2.48. The molecule has 0 radical (unpaired) electrons. The third kappa shape index (κ3) is 4.78. The first kappa shape index (κ1) is 19.2. The summed E-state index contributed by atoms with van der Waals surface area (Å²) >= 11 is 0. The molecule has 26 heavy (non-hydrogen) atoms. The highest BCUT2D eigenvalue weighted by molar-refractivity contribution is 5.73. The Morgan fingerprint density at radius 3 is 2.54 bits per heavy atom. The zero-order valence-electron chi connectivity index (χ0n) is 16.5. The Balaban J connectivity index is 1.51. The number of aromatic nitrogens is 2. The second kappa shape index (κ2) is 8.89. The lowest BCUT2D eigenvalue weighted by molar-refractivity contribution is 0.0346. The first-order valence-corrected chi connectivity index (χ1v) is 10.3. The van der Waals surface area contributed by atoms with E-state index in [2.05, 4.69) is 15.3 Å². The third-order valence-electron chi connectivity index (χ3n) is 6.22. The number of carbonyl (C=O) groups excluding carboxylic acids is 1. The maximum Gasteiger partial charge on any atom is 0.317 e. The van der Waals surface area contributed by atoms with E-state index in [-0.39, 0.29) is 11.6 Å². The van der Waals surface area contributed by atoms with E-state index in [1.54, 1.807) is 9.58 Å². The van der Waals surface area contributed by atoms with E-state index in [1.807, 2.05) is 26.5 Å². The number of rotatable bonds is 6. The van der Waals surface area contributed by atoms with Crippen LogP contribution in [0.4, 0.5) is 4.79 Å². The molecule has 1 aromatic heterocycles. The van der Waals surface area contributed by atoms with E-state index < -0.39 is 0 Å². The van der Waals surface area contributed by atoms with Crippen LogP contribution in [0.5, 0.6) is 0 Å². The van der Waals surface area contributed by atoms with Crippen molar-refractivity contribution in [3.63, 3.8) is 0 Å². The van der Waals surface area contributed by atoms with Crippen molar-refractivity contribution in [1.82, 2.24) is 24.9 Å². The number of likely N-dealkylation sites (tertiary alicyclic amines) is 1. The van der Waals surface area contributed by atoms with Gasteiger partial charge in [0.2, 0.25) is 0 Å². The average Bonchev–Trinajstić information content (AvgIpc) is 3.11. The van der Waals surface area contributed by atoms with Crippen LogP contribution in [0.2, 0.25) is 0 Å². The van der Waals surface area contributed by atoms with Gasteiger partial charge in [0.25, 0.3) is 0 Å². The van der Waals surface area contributed by atoms with Crippen LogP contribution in [-0.2, 0) is 13.5 Å². The molecule has 1 aliphatic carbocycles. The van der Waals surface area contributed by atoms with Gasteiger partial charge in [-0.2, -0.15) is 5.10 Å². The van der Waals surface area contributed by atoms with Crippen molar-refractivity contribution in [3.8, 4) is 0 Å². The molecular formula is C20H35N5O. The van der Waals surface area contributed by atoms with Gasteiger partial charge in [-0.25, -0.2) is 4.79 Å². The molecule has 1 saturated heterocycles. The second-order valence-corrected chi connectivity index (χ2v) is 8.19. The molecule has 3 rings (SSSR count). The molecule has 6 heteroatoms. The number of amides is 2. The summed E-state index contributed by atoms with van der Waals surface area (Å²) < 4.78 is 1.81. The van der Waals surface area contributed by atoms with E-state index >= 15 is 0 Å². The number of hydrogen-bond acceptors (Lipinski definition) is 3. The predicted molar refractivity (Wildman–Crippen MR) is 104 cm³/mol. The zero-order chi connectivity index (χ0) is 18.4. The summed E-state index contributed by atoms with van der Waals surface area (Å²) in [6.45, 7) is 3.91. The van der Waals surface area contributed by atoms with Gasteiger partial charge in [0.15, 0.2) is 0 Å². The molecule has 2 fully saturated rings. The lowest BCUT2D eigenvalue weighted by Crippen LogP contribution is -2.59. The van der Waals surface area contributed by atoms with Gasteiger partial charge >= 0.3 is 6.03 Å². The average molecular weight is 362 g/mol. The van der Waals surface area contributed by atoms with Gasteiger partial charge in [-0.3, -0.25) is 9.58 Å². The van der Waals surface area contributed by atoms with Crippen LogP contribution in [0.25, 0.3) is 0 Å². The molecule has 2 amide bonds. The van der Waals surface area contributed by atoms with E-state index in [1.165, 1.54) is 70.0 Å². The quantitative estimate of drug-likeness (QED) is 0.848. The molecule has 0 aromatic carbocycles. The van der Waals surface area contributed by atoms with Gasteiger partial charge in [0, 0.05) is 38.9 Å². The minimum Gasteiger partial charge on any atom is -0.336 e. The van der Waals surface area contributed by atoms with Crippen molar-refractivity contribution >= 4 is 6.03 Å².